The molecule has 1 fully saturated rings. The zero-order valence-electron chi connectivity index (χ0n) is 9.55. The molecule has 2 unspecified atom stereocenters. The van der Waals surface area contributed by atoms with Gasteiger partial charge in [-0.25, -0.2) is 0 Å². The summed E-state index contributed by atoms with van der Waals surface area (Å²) in [6, 6.07) is 0.785. The maximum Gasteiger partial charge on any atom is 0.221 e. The van der Waals surface area contributed by atoms with E-state index in [1.807, 2.05) is 0 Å². The van der Waals surface area contributed by atoms with E-state index in [4.69, 9.17) is 0 Å². The lowest BCUT2D eigenvalue weighted by molar-refractivity contribution is -0.122. The van der Waals surface area contributed by atoms with Gasteiger partial charge >= 0.3 is 0 Å². The fourth-order valence-corrected chi connectivity index (χ4v) is 1.89. The van der Waals surface area contributed by atoms with Gasteiger partial charge in [0.05, 0.1) is 0 Å². The molecule has 3 heteroatoms. The average molecular weight is 198 g/mol. The number of rotatable bonds is 4. The molecule has 1 saturated heterocycles. The molecule has 2 atom stereocenters. The van der Waals surface area contributed by atoms with Crippen LogP contribution in [0.5, 0.6) is 0 Å². The summed E-state index contributed by atoms with van der Waals surface area (Å²) in [5.41, 5.74) is 0. The highest BCUT2D eigenvalue weighted by Gasteiger charge is 2.23. The Morgan fingerprint density at radius 3 is 2.86 bits per heavy atom. The van der Waals surface area contributed by atoms with Gasteiger partial charge in [-0.15, -0.1) is 0 Å². The third-order valence-corrected chi connectivity index (χ3v) is 3.11. The lowest BCUT2D eigenvalue weighted by Gasteiger charge is -2.20. The molecule has 0 spiro atoms. The molecule has 1 amide bonds. The van der Waals surface area contributed by atoms with E-state index in [1.165, 1.54) is 12.8 Å². The highest BCUT2D eigenvalue weighted by Crippen LogP contribution is 2.17. The van der Waals surface area contributed by atoms with Gasteiger partial charge in [-0.2, -0.15) is 0 Å². The van der Waals surface area contributed by atoms with Gasteiger partial charge in [-0.3, -0.25) is 4.79 Å². The second kappa shape index (κ2) is 5.35. The Morgan fingerprint density at radius 2 is 2.36 bits per heavy atom. The first-order valence-corrected chi connectivity index (χ1v) is 5.63. The molecule has 1 heterocycles. The highest BCUT2D eigenvalue weighted by molar-refractivity contribution is 5.76. The van der Waals surface area contributed by atoms with Gasteiger partial charge < -0.3 is 10.2 Å². The van der Waals surface area contributed by atoms with Crippen LogP contribution in [-0.2, 0) is 4.79 Å². The van der Waals surface area contributed by atoms with Crippen LogP contribution in [-0.4, -0.2) is 36.5 Å². The molecule has 0 bridgehead atoms. The van der Waals surface area contributed by atoms with Crippen molar-refractivity contribution in [2.75, 3.05) is 13.6 Å². The first-order chi connectivity index (χ1) is 6.63. The Morgan fingerprint density at radius 1 is 1.64 bits per heavy atom. The summed E-state index contributed by atoms with van der Waals surface area (Å²) < 4.78 is 0. The number of nitrogens with zero attached hydrogens (tertiary/aromatic N) is 1. The number of likely N-dealkylation sites (tertiary alicyclic amines) is 1. The SMILES string of the molecule is CCC(C)NC(=O)CC1CCCN1C. The molecule has 1 rings (SSSR count). The van der Waals surface area contributed by atoms with E-state index in [-0.39, 0.29) is 5.91 Å². The summed E-state index contributed by atoms with van der Waals surface area (Å²) in [5, 5.41) is 3.01. The van der Waals surface area contributed by atoms with Crippen molar-refractivity contribution in [1.82, 2.24) is 10.2 Å². The van der Waals surface area contributed by atoms with E-state index in [9.17, 15) is 4.79 Å². The molecule has 14 heavy (non-hydrogen) atoms. The molecule has 0 saturated carbocycles. The summed E-state index contributed by atoms with van der Waals surface area (Å²) in [6.45, 7) is 5.28. The summed E-state index contributed by atoms with van der Waals surface area (Å²) >= 11 is 0. The predicted molar refractivity (Wildman–Crippen MR) is 58.2 cm³/mol. The molecule has 3 nitrogen and oxygen atoms in total. The highest BCUT2D eigenvalue weighted by atomic mass is 16.1. The Bertz CT molecular complexity index is 194. The smallest absolute Gasteiger partial charge is 0.221 e. The fraction of sp³-hybridized carbons (Fsp3) is 0.909. The lowest BCUT2D eigenvalue weighted by Crippen LogP contribution is -2.37. The van der Waals surface area contributed by atoms with E-state index < -0.39 is 0 Å². The third-order valence-electron chi connectivity index (χ3n) is 3.11. The van der Waals surface area contributed by atoms with Gasteiger partial charge in [0.25, 0.3) is 0 Å². The van der Waals surface area contributed by atoms with Crippen LogP contribution in [0.2, 0.25) is 0 Å². The summed E-state index contributed by atoms with van der Waals surface area (Å²) in [6.07, 6.45) is 4.08. The maximum absolute atomic E-state index is 11.6. The molecule has 0 aromatic carbocycles. The van der Waals surface area contributed by atoms with E-state index in [0.29, 0.717) is 18.5 Å². The first kappa shape index (κ1) is 11.5. The lowest BCUT2D eigenvalue weighted by atomic mass is 10.1. The Kier molecular flexibility index (Phi) is 4.39. The molecule has 0 aromatic rings. The van der Waals surface area contributed by atoms with Crippen LogP contribution in [0.15, 0.2) is 0 Å². The standard InChI is InChI=1S/C11H22N2O/c1-4-9(2)12-11(14)8-10-6-5-7-13(10)3/h9-10H,4-8H2,1-3H3,(H,12,14). The van der Waals surface area contributed by atoms with Crippen molar-refractivity contribution in [3.8, 4) is 0 Å². The van der Waals surface area contributed by atoms with Gasteiger partial charge in [-0.1, -0.05) is 6.92 Å². The maximum atomic E-state index is 11.6. The minimum absolute atomic E-state index is 0.207. The van der Waals surface area contributed by atoms with Crippen LogP contribution in [0.25, 0.3) is 0 Å². The fourth-order valence-electron chi connectivity index (χ4n) is 1.89. The monoisotopic (exact) mass is 198 g/mol. The number of nitrogens with one attached hydrogen (secondary N) is 1. The normalized spacial score (nSPS) is 24.9. The van der Waals surface area contributed by atoms with Gasteiger partial charge in [0.2, 0.25) is 5.91 Å². The zero-order chi connectivity index (χ0) is 10.6. The molecule has 0 aromatic heterocycles. The minimum atomic E-state index is 0.207. The Balaban J connectivity index is 2.26. The van der Waals surface area contributed by atoms with E-state index in [1.54, 1.807) is 0 Å². The van der Waals surface area contributed by atoms with Crippen molar-refractivity contribution in [3.05, 3.63) is 0 Å². The van der Waals surface area contributed by atoms with Crippen LogP contribution in [0.1, 0.15) is 39.5 Å². The molecular formula is C11H22N2O. The predicted octanol–water partition coefficient (Wildman–Crippen LogP) is 1.39. The number of carbonyl (C=O) groups excluding carboxylic acids is 1. The molecular weight excluding hydrogens is 176 g/mol. The summed E-state index contributed by atoms with van der Waals surface area (Å²) in [4.78, 5) is 13.9. The first-order valence-electron chi connectivity index (χ1n) is 5.63. The number of hydrogen-bond acceptors (Lipinski definition) is 2. The van der Waals surface area contributed by atoms with Gasteiger partial charge in [0.15, 0.2) is 0 Å². The second-order valence-electron chi connectivity index (χ2n) is 4.36. The van der Waals surface area contributed by atoms with Crippen molar-refractivity contribution in [2.24, 2.45) is 0 Å². The van der Waals surface area contributed by atoms with Crippen LogP contribution in [0.4, 0.5) is 0 Å². The average Bonchev–Trinajstić information content (AvgIpc) is 2.51. The van der Waals surface area contributed by atoms with Crippen molar-refractivity contribution in [3.63, 3.8) is 0 Å². The van der Waals surface area contributed by atoms with Crippen molar-refractivity contribution in [2.45, 2.75) is 51.6 Å². The van der Waals surface area contributed by atoms with E-state index in [2.05, 4.69) is 31.1 Å². The quantitative estimate of drug-likeness (QED) is 0.740. The molecule has 1 N–H and O–H groups in total. The largest absolute Gasteiger partial charge is 0.354 e. The Hall–Kier alpha value is -0.570. The molecule has 82 valence electrons. The second-order valence-corrected chi connectivity index (χ2v) is 4.36. The summed E-state index contributed by atoms with van der Waals surface area (Å²) in [5.74, 6) is 0.207. The molecule has 0 radical (unpaired) electrons. The van der Waals surface area contributed by atoms with Crippen molar-refractivity contribution in [1.29, 1.82) is 0 Å². The number of carbonyl (C=O) groups is 1. The van der Waals surface area contributed by atoms with Crippen molar-refractivity contribution >= 4 is 5.91 Å². The zero-order valence-corrected chi connectivity index (χ0v) is 9.55. The Labute approximate surface area is 86.9 Å². The van der Waals surface area contributed by atoms with Crippen LogP contribution < -0.4 is 5.32 Å². The third kappa shape index (κ3) is 3.29. The minimum Gasteiger partial charge on any atom is -0.354 e. The van der Waals surface area contributed by atoms with Crippen LogP contribution in [0.3, 0.4) is 0 Å². The van der Waals surface area contributed by atoms with Crippen LogP contribution in [0, 0.1) is 0 Å². The topological polar surface area (TPSA) is 32.3 Å². The van der Waals surface area contributed by atoms with E-state index in [0.717, 1.165) is 13.0 Å². The van der Waals surface area contributed by atoms with Crippen LogP contribution >= 0.6 is 0 Å². The van der Waals surface area contributed by atoms with Gasteiger partial charge in [0, 0.05) is 18.5 Å². The summed E-state index contributed by atoms with van der Waals surface area (Å²) in [7, 11) is 2.11. The van der Waals surface area contributed by atoms with Gasteiger partial charge in [-0.05, 0) is 39.8 Å². The van der Waals surface area contributed by atoms with Crippen molar-refractivity contribution < 1.29 is 4.79 Å². The molecule has 0 aliphatic carbocycles. The van der Waals surface area contributed by atoms with E-state index >= 15 is 0 Å². The van der Waals surface area contributed by atoms with Gasteiger partial charge in [0.1, 0.15) is 0 Å². The molecule has 1 aliphatic rings. The number of amides is 1. The molecule has 1 aliphatic heterocycles. The number of hydrogen-bond donors (Lipinski definition) is 1.